The third-order valence-electron chi connectivity index (χ3n) is 23.1. The van der Waals surface area contributed by atoms with Crippen LogP contribution in [0.25, 0.3) is 55.4 Å². The molecule has 13 aromatic rings. The molecule has 8 aromatic carbocycles. The highest BCUT2D eigenvalue weighted by Gasteiger charge is 2.33. The van der Waals surface area contributed by atoms with Crippen LogP contribution in [0.15, 0.2) is 295 Å². The maximum absolute atomic E-state index is 13.4. The average molecular weight is 1850 g/mol. The van der Waals surface area contributed by atoms with E-state index in [-0.39, 0.29) is 80.8 Å². The van der Waals surface area contributed by atoms with Crippen LogP contribution in [0.2, 0.25) is 0 Å². The van der Waals surface area contributed by atoms with Crippen molar-refractivity contribution < 1.29 is 73.1 Å². The van der Waals surface area contributed by atoms with Gasteiger partial charge in [0.05, 0.1) is 79.4 Å². The molecule has 0 fully saturated rings. The van der Waals surface area contributed by atoms with Crippen molar-refractivity contribution in [2.75, 3.05) is 31.8 Å². The van der Waals surface area contributed by atoms with Crippen LogP contribution in [-0.4, -0.2) is 134 Å². The van der Waals surface area contributed by atoms with Crippen LogP contribution in [0.4, 0.5) is 5.69 Å². The Kier molecular flexibility index (Phi) is 33.5. The largest absolute Gasteiger partial charge is 0.482 e. The predicted molar refractivity (Wildman–Crippen MR) is 520 cm³/mol. The minimum absolute atomic E-state index is 0.0885. The van der Waals surface area contributed by atoms with Crippen LogP contribution in [0, 0.1) is 47.5 Å². The summed E-state index contributed by atoms with van der Waals surface area (Å²) in [6, 6.07) is 59.6. The number of anilines is 1. The number of fused-ring (bicyclic) bond motifs is 3. The molecule has 7 heterocycles. The molecule has 137 heavy (non-hydrogen) atoms. The number of aliphatic carboxylic acids is 4. The molecule has 0 saturated carbocycles. The van der Waals surface area contributed by atoms with Crippen molar-refractivity contribution in [1.82, 2.24) is 59.9 Å². The van der Waals surface area contributed by atoms with Crippen LogP contribution in [0.5, 0.6) is 5.75 Å². The number of rotatable bonds is 32. The number of carboxylic acids is 4. The normalized spacial score (nSPS) is 13.3. The van der Waals surface area contributed by atoms with Crippen LogP contribution in [-0.2, 0) is 54.4 Å². The quantitative estimate of drug-likeness (QED) is 0.0189. The van der Waals surface area contributed by atoms with E-state index >= 15 is 0 Å². The number of carbonyl (C=O) groups excluding carboxylic acids is 5. The van der Waals surface area contributed by atoms with Gasteiger partial charge in [-0.1, -0.05) is 166 Å². The lowest BCUT2D eigenvalue weighted by Gasteiger charge is -2.29. The summed E-state index contributed by atoms with van der Waals surface area (Å²) < 4.78 is 16.0. The SMILES string of the molecule is C=C1C=CC(c2cc([C@H](CC(=O)O)NC(=O)C(CC(C)C)n3ccccc3=O)ccc2C)=CN1.COC[C@H](C(=O)N[C@@H](CC(=O)O)c1cccc(-c2ccccc2C)c1)n1cnc2ccccc2c1=O.Cc1ccc2c(c1)N(CC(=O)N[C@@H](CC(=O)O)c1cncc(-c3c(C)cccc3C)c1)C(=O)CO2.Cc1ccccc1-c1cccc([C@H](CC(=O)O)NC(=O)Cn2ncn3cccc3c2=O)c1. The molecule has 6 atom stereocenters. The molecule has 5 aromatic heterocycles. The van der Waals surface area contributed by atoms with Crippen molar-refractivity contribution in [2.45, 2.75) is 130 Å². The van der Waals surface area contributed by atoms with Gasteiger partial charge in [0.2, 0.25) is 23.6 Å². The number of para-hydroxylation sites is 1. The van der Waals surface area contributed by atoms with E-state index in [1.54, 1.807) is 102 Å². The molecule has 0 bridgehead atoms. The molecule has 0 spiro atoms. The van der Waals surface area contributed by atoms with Crippen molar-refractivity contribution in [2.24, 2.45) is 5.92 Å². The topological polar surface area (TPSA) is 425 Å². The first-order valence-electron chi connectivity index (χ1n) is 44.2. The number of aromatic nitrogens is 7. The second kappa shape index (κ2) is 46.2. The number of ether oxygens (including phenoxy) is 2. The van der Waals surface area contributed by atoms with Gasteiger partial charge in [0.1, 0.15) is 42.8 Å². The molecule has 2 aliphatic heterocycles. The van der Waals surface area contributed by atoms with Gasteiger partial charge in [-0.3, -0.25) is 72.0 Å². The minimum atomic E-state index is -1.06. The zero-order chi connectivity index (χ0) is 98.3. The average Bonchev–Trinajstić information content (AvgIpc) is 1.13. The Morgan fingerprint density at radius 3 is 1.64 bits per heavy atom. The Bertz CT molecular complexity index is 6950. The molecule has 31 heteroatoms. The van der Waals surface area contributed by atoms with Crippen LogP contribution in [0.1, 0.15) is 143 Å². The fourth-order valence-corrected chi connectivity index (χ4v) is 16.3. The van der Waals surface area contributed by atoms with Crippen LogP contribution in [0.3, 0.4) is 0 Å². The summed E-state index contributed by atoms with van der Waals surface area (Å²) in [7, 11) is 1.43. The standard InChI is InChI=1S/C28H27N3O5.C27H27N3O5.C27H31N3O4.C24H22N4O4/c1-18-8-3-4-11-21(18)19-9-7-10-20(14-19)24(15-26(32)33)30-27(34)25(16-36-2)31-17-29-23-13-6-5-12-22(23)28(31)35;1-16-7-8-23-22(9-16)30(25(32)15-35-23)14-24(31)29-21(11-26(33)34)19-10-20(13-28-12-19)27-17(2)5-4-6-18(27)3;1-17(2)13-24(30-12-6-5-7-25(30)31)27(34)29-23(15-26(32)33)20-10-8-18(3)22(14-20)21-11-9-19(4)28-16-21;1-16-6-2-3-9-19(16)17-7-4-8-18(12-17)20(13-23(30)31)26-22(29)14-28-24(32)21-10-5-11-27(21)15-25-28/h3-14,17,24-25H,15-16H2,1-2H3,(H,30,34)(H,32,33);4-10,12-13,21H,11,14-15H2,1-3H3,(H,29,31)(H,33,34);5-12,14,16-17,23-24,28H,4,13,15H2,1-3H3,(H,29,34)(H,32,33);2-12,15,20H,13-14H2,1H3,(H,26,29)(H,30,31)/t24-,25+;21-;23-,24?;20-/m0000/s1. The number of nitrogens with zero attached hydrogens (tertiary/aromatic N) is 8. The molecule has 2 aliphatic rings. The Balaban J connectivity index is 0.000000164. The number of carboxylic acid groups (broad SMARTS) is 4. The van der Waals surface area contributed by atoms with Gasteiger partial charge in [0, 0.05) is 55.4 Å². The molecule has 704 valence electrons. The zero-order valence-corrected chi connectivity index (χ0v) is 77.1. The smallest absolute Gasteiger partial charge is 0.305 e. The first-order chi connectivity index (χ1) is 65.7. The number of pyridine rings is 2. The molecular weight excluding hydrogens is 1740 g/mol. The van der Waals surface area contributed by atoms with E-state index in [1.165, 1.54) is 39.9 Å². The second-order valence-electron chi connectivity index (χ2n) is 33.8. The number of carbonyl (C=O) groups is 9. The number of amides is 5. The third-order valence-corrected chi connectivity index (χ3v) is 23.1. The van der Waals surface area contributed by atoms with E-state index in [0.29, 0.717) is 56.5 Å². The van der Waals surface area contributed by atoms with E-state index in [9.17, 15) is 78.0 Å². The Labute approximate surface area is 789 Å². The summed E-state index contributed by atoms with van der Waals surface area (Å²) in [4.78, 5) is 160. The fourth-order valence-electron chi connectivity index (χ4n) is 16.3. The highest BCUT2D eigenvalue weighted by atomic mass is 16.5. The number of nitrogens with one attached hydrogen (secondary N) is 5. The molecule has 9 N–H and O–H groups in total. The van der Waals surface area contributed by atoms with E-state index < -0.39 is 83.4 Å². The number of hydrogen-bond donors (Lipinski definition) is 9. The van der Waals surface area contributed by atoms with Gasteiger partial charge in [-0.25, -0.2) is 9.67 Å². The lowest BCUT2D eigenvalue weighted by molar-refractivity contribution is -0.139. The monoisotopic (exact) mass is 1850 g/mol. The van der Waals surface area contributed by atoms with E-state index in [1.807, 2.05) is 207 Å². The summed E-state index contributed by atoms with van der Waals surface area (Å²) in [6.07, 6.45) is 14.2. The minimum Gasteiger partial charge on any atom is -0.482 e. The highest BCUT2D eigenvalue weighted by Crippen LogP contribution is 2.36. The van der Waals surface area contributed by atoms with Crippen molar-refractivity contribution in [3.8, 4) is 39.1 Å². The van der Waals surface area contributed by atoms with Crippen molar-refractivity contribution in [1.29, 1.82) is 0 Å². The van der Waals surface area contributed by atoms with Crippen molar-refractivity contribution in [3.05, 3.63) is 373 Å². The van der Waals surface area contributed by atoms with Gasteiger partial charge in [-0.2, -0.15) is 5.10 Å². The highest BCUT2D eigenvalue weighted by molar-refractivity contribution is 6.02. The number of methoxy groups -OCH3 is 1. The molecular formula is C106H107N13O18. The second-order valence-corrected chi connectivity index (χ2v) is 33.8. The number of benzene rings is 8. The summed E-state index contributed by atoms with van der Waals surface area (Å²) in [5.74, 6) is -5.75. The molecule has 0 saturated heterocycles. The predicted octanol–water partition coefficient (Wildman–Crippen LogP) is 14.5. The number of hydrogen-bond acceptors (Lipinski definition) is 18. The number of dihydropyridines is 1. The third kappa shape index (κ3) is 26.1. The molecule has 1 unspecified atom stereocenters. The summed E-state index contributed by atoms with van der Waals surface area (Å²) in [6.45, 7) is 18.9. The Morgan fingerprint density at radius 1 is 0.504 bits per heavy atom. The van der Waals surface area contributed by atoms with Crippen LogP contribution < -0.4 is 52.9 Å². The maximum Gasteiger partial charge on any atom is 0.305 e. The Hall–Kier alpha value is -16.6. The van der Waals surface area contributed by atoms with E-state index in [2.05, 4.69) is 48.2 Å². The molecule has 5 amide bonds. The first kappa shape index (κ1) is 99.4. The van der Waals surface area contributed by atoms with Gasteiger partial charge in [0.25, 0.3) is 22.6 Å². The van der Waals surface area contributed by atoms with Crippen LogP contribution >= 0.6 is 0 Å². The molecule has 15 rings (SSSR count). The lowest BCUT2D eigenvalue weighted by Crippen LogP contribution is -2.46. The number of aryl methyl sites for hydroxylation is 6. The van der Waals surface area contributed by atoms with Gasteiger partial charge in [0.15, 0.2) is 6.61 Å². The van der Waals surface area contributed by atoms with Crippen molar-refractivity contribution >= 4 is 81.1 Å². The fraction of sp³-hybridized carbons (Fsp3) is 0.236. The Morgan fingerprint density at radius 2 is 1.05 bits per heavy atom. The van der Waals surface area contributed by atoms with E-state index in [4.69, 9.17) is 9.47 Å². The number of allylic oxidation sites excluding steroid dienone is 3. The van der Waals surface area contributed by atoms with Gasteiger partial charge >= 0.3 is 23.9 Å². The first-order valence-corrected chi connectivity index (χ1v) is 44.2. The molecule has 31 nitrogen and oxygen atoms in total. The lowest BCUT2D eigenvalue weighted by atomic mass is 9.93. The summed E-state index contributed by atoms with van der Waals surface area (Å²) >= 11 is 0. The maximum atomic E-state index is 13.4. The van der Waals surface area contributed by atoms with E-state index in [0.717, 1.165) is 88.3 Å². The van der Waals surface area contributed by atoms with Gasteiger partial charge in [-0.15, -0.1) is 0 Å². The molecule has 0 aliphatic carbocycles. The van der Waals surface area contributed by atoms with Gasteiger partial charge in [-0.05, 0) is 221 Å². The summed E-state index contributed by atoms with van der Waals surface area (Å²) in [5, 5.41) is 56.8. The van der Waals surface area contributed by atoms with Crippen molar-refractivity contribution in [3.63, 3.8) is 0 Å². The zero-order valence-electron chi connectivity index (χ0n) is 77.1. The van der Waals surface area contributed by atoms with Gasteiger partial charge < -0.3 is 65.5 Å². The summed E-state index contributed by atoms with van der Waals surface area (Å²) in [5.41, 5.74) is 17.6. The molecule has 0 radical (unpaired) electrons.